The highest BCUT2D eigenvalue weighted by Gasteiger charge is 2.15. The van der Waals surface area contributed by atoms with Crippen LogP contribution in [0.3, 0.4) is 0 Å². The van der Waals surface area contributed by atoms with Gasteiger partial charge in [0.1, 0.15) is 23.7 Å². The molecule has 3 nitrogen and oxygen atoms in total. The number of piperidine rings is 1. The summed E-state index contributed by atoms with van der Waals surface area (Å²) >= 11 is 0. The average molecular weight is 220 g/mol. The molecule has 1 aromatic carbocycles. The third-order valence-corrected chi connectivity index (χ3v) is 2.65. The molecule has 0 bridgehead atoms. The smallest absolute Gasteiger partial charge is 0.144 e. The lowest BCUT2D eigenvalue weighted by molar-refractivity contribution is 0.162. The molecule has 0 aromatic heterocycles. The SMILES string of the molecule is N#Cc1ccc(OC2CCNCC2)cc1F. The molecule has 0 unspecified atom stereocenters. The van der Waals surface area contributed by atoms with Crippen LogP contribution < -0.4 is 10.1 Å². The summed E-state index contributed by atoms with van der Waals surface area (Å²) in [6.45, 7) is 1.87. The number of halogens is 1. The topological polar surface area (TPSA) is 45.0 Å². The van der Waals surface area contributed by atoms with Crippen LogP contribution in [0.2, 0.25) is 0 Å². The van der Waals surface area contributed by atoms with E-state index in [9.17, 15) is 4.39 Å². The number of hydrogen-bond donors (Lipinski definition) is 1. The molecule has 2 rings (SSSR count). The van der Waals surface area contributed by atoms with Gasteiger partial charge in [0.2, 0.25) is 0 Å². The Morgan fingerprint density at radius 2 is 2.12 bits per heavy atom. The first-order valence-electron chi connectivity index (χ1n) is 5.36. The molecule has 0 spiro atoms. The number of benzene rings is 1. The molecule has 0 saturated carbocycles. The van der Waals surface area contributed by atoms with Crippen LogP contribution in [0.4, 0.5) is 4.39 Å². The average Bonchev–Trinajstić information content (AvgIpc) is 2.31. The molecule has 1 N–H and O–H groups in total. The molecule has 0 radical (unpaired) electrons. The summed E-state index contributed by atoms with van der Waals surface area (Å²) in [6.07, 6.45) is 2.01. The Hall–Kier alpha value is -1.60. The van der Waals surface area contributed by atoms with E-state index in [2.05, 4.69) is 5.32 Å². The molecule has 1 saturated heterocycles. The molecule has 1 aliphatic rings. The first-order chi connectivity index (χ1) is 7.79. The van der Waals surface area contributed by atoms with Gasteiger partial charge in [0.05, 0.1) is 5.56 Å². The van der Waals surface area contributed by atoms with Gasteiger partial charge < -0.3 is 10.1 Å². The van der Waals surface area contributed by atoms with Gasteiger partial charge in [-0.05, 0) is 38.1 Å². The van der Waals surface area contributed by atoms with Crippen LogP contribution in [0.15, 0.2) is 18.2 Å². The molecule has 4 heteroatoms. The summed E-state index contributed by atoms with van der Waals surface area (Å²) in [5.74, 6) is -0.0164. The number of nitrogens with one attached hydrogen (secondary N) is 1. The van der Waals surface area contributed by atoms with E-state index in [1.54, 1.807) is 12.1 Å². The first-order valence-corrected chi connectivity index (χ1v) is 5.36. The van der Waals surface area contributed by atoms with Crippen LogP contribution in [0, 0.1) is 17.1 Å². The normalized spacial score (nSPS) is 16.8. The van der Waals surface area contributed by atoms with Gasteiger partial charge in [0.15, 0.2) is 0 Å². The van der Waals surface area contributed by atoms with E-state index in [0.717, 1.165) is 25.9 Å². The number of rotatable bonds is 2. The molecule has 1 aliphatic heterocycles. The summed E-state index contributed by atoms with van der Waals surface area (Å²) in [4.78, 5) is 0. The van der Waals surface area contributed by atoms with Gasteiger partial charge >= 0.3 is 0 Å². The summed E-state index contributed by atoms with van der Waals surface area (Å²) < 4.78 is 18.9. The van der Waals surface area contributed by atoms with Gasteiger partial charge in [-0.15, -0.1) is 0 Å². The van der Waals surface area contributed by atoms with Crippen molar-refractivity contribution in [3.63, 3.8) is 0 Å². The third-order valence-electron chi connectivity index (χ3n) is 2.65. The minimum Gasteiger partial charge on any atom is -0.490 e. The van der Waals surface area contributed by atoms with Crippen molar-refractivity contribution in [2.24, 2.45) is 0 Å². The van der Waals surface area contributed by atoms with Crippen molar-refractivity contribution in [3.8, 4) is 11.8 Å². The molecule has 84 valence electrons. The van der Waals surface area contributed by atoms with Crippen LogP contribution in [0.5, 0.6) is 5.75 Å². The van der Waals surface area contributed by atoms with Crippen LogP contribution in [-0.4, -0.2) is 19.2 Å². The fourth-order valence-electron chi connectivity index (χ4n) is 1.77. The minimum absolute atomic E-state index is 0.0534. The fraction of sp³-hybridized carbons (Fsp3) is 0.417. The lowest BCUT2D eigenvalue weighted by atomic mass is 10.1. The highest BCUT2D eigenvalue weighted by molar-refractivity contribution is 5.36. The quantitative estimate of drug-likeness (QED) is 0.827. The first kappa shape index (κ1) is 10.9. The van der Waals surface area contributed by atoms with Crippen molar-refractivity contribution >= 4 is 0 Å². The highest BCUT2D eigenvalue weighted by atomic mass is 19.1. The Balaban J connectivity index is 2.04. The minimum atomic E-state index is -0.520. The molecular formula is C12H13FN2O. The Bertz CT molecular complexity index is 408. The molecule has 16 heavy (non-hydrogen) atoms. The predicted octanol–water partition coefficient (Wildman–Crippen LogP) is 1.83. The zero-order valence-corrected chi connectivity index (χ0v) is 8.87. The van der Waals surface area contributed by atoms with Gasteiger partial charge in [-0.3, -0.25) is 0 Å². The van der Waals surface area contributed by atoms with E-state index < -0.39 is 5.82 Å². The highest BCUT2D eigenvalue weighted by Crippen LogP contribution is 2.19. The maximum Gasteiger partial charge on any atom is 0.144 e. The lowest BCUT2D eigenvalue weighted by Crippen LogP contribution is -2.34. The number of ether oxygens (including phenoxy) is 1. The molecule has 0 amide bonds. The van der Waals surface area contributed by atoms with Gasteiger partial charge in [-0.25, -0.2) is 4.39 Å². The largest absolute Gasteiger partial charge is 0.490 e. The van der Waals surface area contributed by atoms with E-state index >= 15 is 0 Å². The van der Waals surface area contributed by atoms with Crippen molar-refractivity contribution < 1.29 is 9.13 Å². The standard InChI is InChI=1S/C12H13FN2O/c13-12-7-11(2-1-9(12)8-14)16-10-3-5-15-6-4-10/h1-2,7,10,15H,3-6H2. The maximum absolute atomic E-state index is 13.3. The Morgan fingerprint density at radius 3 is 2.75 bits per heavy atom. The second-order valence-corrected chi connectivity index (χ2v) is 3.82. The predicted molar refractivity (Wildman–Crippen MR) is 57.6 cm³/mol. The van der Waals surface area contributed by atoms with Crippen LogP contribution >= 0.6 is 0 Å². The molecule has 1 aromatic rings. The van der Waals surface area contributed by atoms with E-state index in [1.807, 2.05) is 0 Å². The second kappa shape index (κ2) is 4.95. The van der Waals surface area contributed by atoms with Crippen molar-refractivity contribution in [2.45, 2.75) is 18.9 Å². The number of hydrogen-bond acceptors (Lipinski definition) is 3. The van der Waals surface area contributed by atoms with Crippen LogP contribution in [0.1, 0.15) is 18.4 Å². The van der Waals surface area contributed by atoms with E-state index in [1.165, 1.54) is 12.1 Å². The molecule has 0 atom stereocenters. The van der Waals surface area contributed by atoms with Crippen molar-refractivity contribution in [3.05, 3.63) is 29.6 Å². The molecule has 0 aliphatic carbocycles. The summed E-state index contributed by atoms with van der Waals surface area (Å²) in [6, 6.07) is 6.16. The van der Waals surface area contributed by atoms with Crippen LogP contribution in [-0.2, 0) is 0 Å². The maximum atomic E-state index is 13.3. The lowest BCUT2D eigenvalue weighted by Gasteiger charge is -2.23. The summed E-state index contributed by atoms with van der Waals surface area (Å²) in [5.41, 5.74) is 0.0534. The van der Waals surface area contributed by atoms with Gasteiger partial charge in [-0.1, -0.05) is 0 Å². The summed E-state index contributed by atoms with van der Waals surface area (Å²) in [5, 5.41) is 11.8. The van der Waals surface area contributed by atoms with Gasteiger partial charge in [-0.2, -0.15) is 5.26 Å². The Labute approximate surface area is 93.8 Å². The molecule has 1 heterocycles. The van der Waals surface area contributed by atoms with E-state index in [0.29, 0.717) is 5.75 Å². The van der Waals surface area contributed by atoms with Crippen molar-refractivity contribution in [2.75, 3.05) is 13.1 Å². The molecule has 1 fully saturated rings. The zero-order valence-electron chi connectivity index (χ0n) is 8.87. The summed E-state index contributed by atoms with van der Waals surface area (Å²) in [7, 11) is 0. The van der Waals surface area contributed by atoms with Crippen molar-refractivity contribution in [1.82, 2.24) is 5.32 Å². The monoisotopic (exact) mass is 220 g/mol. The Morgan fingerprint density at radius 1 is 1.38 bits per heavy atom. The number of nitriles is 1. The van der Waals surface area contributed by atoms with Crippen LogP contribution in [0.25, 0.3) is 0 Å². The van der Waals surface area contributed by atoms with E-state index in [-0.39, 0.29) is 11.7 Å². The van der Waals surface area contributed by atoms with E-state index in [4.69, 9.17) is 10.00 Å². The van der Waals surface area contributed by atoms with Gasteiger partial charge in [0.25, 0.3) is 0 Å². The van der Waals surface area contributed by atoms with Crippen molar-refractivity contribution in [1.29, 1.82) is 5.26 Å². The zero-order chi connectivity index (χ0) is 11.4. The third kappa shape index (κ3) is 2.50. The number of nitrogens with zero attached hydrogens (tertiary/aromatic N) is 1. The molecular weight excluding hydrogens is 207 g/mol. The Kier molecular flexibility index (Phi) is 3.37. The van der Waals surface area contributed by atoms with Gasteiger partial charge in [0, 0.05) is 6.07 Å². The second-order valence-electron chi connectivity index (χ2n) is 3.82. The fourth-order valence-corrected chi connectivity index (χ4v) is 1.77.